The Morgan fingerprint density at radius 3 is 1.34 bits per heavy atom. The lowest BCUT2D eigenvalue weighted by molar-refractivity contribution is 0.953. The molecule has 0 aliphatic heterocycles. The summed E-state index contributed by atoms with van der Waals surface area (Å²) in [5.74, 6) is 1.84. The van der Waals surface area contributed by atoms with E-state index in [2.05, 4.69) is 124 Å². The average molecular weight is 640 g/mol. The topological polar surface area (TPSA) is 48.5 Å². The Hall–Kier alpha value is -6.85. The van der Waals surface area contributed by atoms with E-state index >= 15 is 0 Å². The van der Waals surface area contributed by atoms with E-state index in [4.69, 9.17) is 15.0 Å². The molecular formula is C45H29N5. The van der Waals surface area contributed by atoms with Crippen LogP contribution in [0.25, 0.3) is 89.2 Å². The van der Waals surface area contributed by atoms with Crippen LogP contribution in [0.2, 0.25) is 0 Å². The fourth-order valence-corrected chi connectivity index (χ4v) is 7.27. The van der Waals surface area contributed by atoms with Crippen LogP contribution in [0.15, 0.2) is 176 Å². The van der Waals surface area contributed by atoms with Gasteiger partial charge in [0.05, 0.1) is 22.1 Å². The van der Waals surface area contributed by atoms with Crippen molar-refractivity contribution in [3.63, 3.8) is 0 Å². The van der Waals surface area contributed by atoms with Crippen LogP contribution in [0.3, 0.4) is 0 Å². The second-order valence-corrected chi connectivity index (χ2v) is 12.5. The molecule has 5 heteroatoms. The van der Waals surface area contributed by atoms with Crippen molar-refractivity contribution in [1.82, 2.24) is 24.1 Å². The molecule has 3 heterocycles. The van der Waals surface area contributed by atoms with Crippen molar-refractivity contribution in [3.8, 4) is 45.5 Å². The molecule has 0 spiro atoms. The summed E-state index contributed by atoms with van der Waals surface area (Å²) >= 11 is 0. The first kappa shape index (κ1) is 28.2. The third kappa shape index (κ3) is 4.52. The lowest BCUT2D eigenvalue weighted by atomic mass is 10.0. The van der Waals surface area contributed by atoms with Crippen molar-refractivity contribution >= 4 is 43.6 Å². The second kappa shape index (κ2) is 11.4. The molecule has 10 rings (SSSR count). The first-order chi connectivity index (χ1) is 24.8. The van der Waals surface area contributed by atoms with E-state index in [0.717, 1.165) is 44.2 Å². The Morgan fingerprint density at radius 2 is 0.760 bits per heavy atom. The second-order valence-electron chi connectivity index (χ2n) is 12.5. The fraction of sp³-hybridized carbons (Fsp3) is 0. The maximum Gasteiger partial charge on any atom is 0.238 e. The summed E-state index contributed by atoms with van der Waals surface area (Å²) in [5, 5.41) is 4.74. The third-order valence-electron chi connectivity index (χ3n) is 9.58. The summed E-state index contributed by atoms with van der Waals surface area (Å²) in [5.41, 5.74) is 9.73. The molecule has 234 valence electrons. The highest BCUT2D eigenvalue weighted by Gasteiger charge is 2.20. The van der Waals surface area contributed by atoms with Crippen LogP contribution >= 0.6 is 0 Å². The number of nitrogens with zero attached hydrogens (tertiary/aromatic N) is 5. The summed E-state index contributed by atoms with van der Waals surface area (Å²) in [6.07, 6.45) is 0. The molecule has 0 aliphatic carbocycles. The molecule has 0 amide bonds. The fourth-order valence-electron chi connectivity index (χ4n) is 7.27. The minimum Gasteiger partial charge on any atom is -0.309 e. The molecule has 0 atom stereocenters. The van der Waals surface area contributed by atoms with Crippen LogP contribution in [0, 0.1) is 0 Å². The Kier molecular flexibility index (Phi) is 6.42. The molecule has 0 saturated carbocycles. The molecule has 0 bridgehead atoms. The zero-order valence-corrected chi connectivity index (χ0v) is 27.0. The molecular weight excluding hydrogens is 611 g/mol. The van der Waals surface area contributed by atoms with E-state index in [1.54, 1.807) is 0 Å². The monoisotopic (exact) mass is 639 g/mol. The Labute approximate surface area is 288 Å². The van der Waals surface area contributed by atoms with Gasteiger partial charge in [-0.25, -0.2) is 4.98 Å². The average Bonchev–Trinajstić information content (AvgIpc) is 3.71. The molecule has 0 fully saturated rings. The van der Waals surface area contributed by atoms with E-state index in [-0.39, 0.29) is 0 Å². The van der Waals surface area contributed by atoms with Gasteiger partial charge in [-0.05, 0) is 53.6 Å². The van der Waals surface area contributed by atoms with Crippen LogP contribution in [-0.4, -0.2) is 24.1 Å². The van der Waals surface area contributed by atoms with Gasteiger partial charge in [0.25, 0.3) is 0 Å². The lowest BCUT2D eigenvalue weighted by Gasteiger charge is -2.11. The van der Waals surface area contributed by atoms with Crippen LogP contribution < -0.4 is 0 Å². The highest BCUT2D eigenvalue weighted by molar-refractivity contribution is 6.12. The molecule has 7 aromatic carbocycles. The number of para-hydroxylation sites is 2. The number of rotatable bonds is 5. The predicted molar refractivity (Wildman–Crippen MR) is 205 cm³/mol. The number of hydrogen-bond donors (Lipinski definition) is 0. The summed E-state index contributed by atoms with van der Waals surface area (Å²) in [4.78, 5) is 15.2. The summed E-state index contributed by atoms with van der Waals surface area (Å²) in [6.45, 7) is 0. The normalized spacial score (nSPS) is 11.6. The molecule has 0 radical (unpaired) electrons. The first-order valence-electron chi connectivity index (χ1n) is 16.8. The Bertz CT molecular complexity index is 2740. The Balaban J connectivity index is 1.28. The molecule has 0 unspecified atom stereocenters. The van der Waals surface area contributed by atoms with E-state index in [0.29, 0.717) is 17.6 Å². The highest BCUT2D eigenvalue weighted by Crippen LogP contribution is 2.38. The quantitative estimate of drug-likeness (QED) is 0.188. The van der Waals surface area contributed by atoms with Crippen molar-refractivity contribution in [3.05, 3.63) is 176 Å². The summed E-state index contributed by atoms with van der Waals surface area (Å²) in [7, 11) is 0. The minimum atomic E-state index is 0.579. The van der Waals surface area contributed by atoms with Gasteiger partial charge in [-0.15, -0.1) is 0 Å². The van der Waals surface area contributed by atoms with Crippen LogP contribution in [0.4, 0.5) is 0 Å². The van der Waals surface area contributed by atoms with E-state index in [9.17, 15) is 0 Å². The number of hydrogen-bond acceptors (Lipinski definition) is 3. The molecule has 3 aromatic heterocycles. The molecule has 0 N–H and O–H groups in total. The van der Waals surface area contributed by atoms with Gasteiger partial charge in [0.15, 0.2) is 11.6 Å². The lowest BCUT2D eigenvalue weighted by Crippen LogP contribution is -2.06. The zero-order valence-electron chi connectivity index (χ0n) is 27.0. The van der Waals surface area contributed by atoms with Gasteiger partial charge in [0.1, 0.15) is 0 Å². The first-order valence-corrected chi connectivity index (χ1v) is 16.8. The van der Waals surface area contributed by atoms with E-state index in [1.165, 1.54) is 27.4 Å². The SMILES string of the molecule is c1ccc(-c2ccc3c(c2)c2cc(-n4c5ccccc5c5ccccc54)ccc2n3-c2nc(-c3ccccc3)nc(-c3ccccc3)n2)cc1. The smallest absolute Gasteiger partial charge is 0.238 e. The largest absolute Gasteiger partial charge is 0.309 e. The van der Waals surface area contributed by atoms with Crippen LogP contribution in [-0.2, 0) is 0 Å². The van der Waals surface area contributed by atoms with Gasteiger partial charge in [0.2, 0.25) is 5.95 Å². The maximum atomic E-state index is 5.14. The van der Waals surface area contributed by atoms with Crippen LogP contribution in [0.1, 0.15) is 0 Å². The van der Waals surface area contributed by atoms with Crippen molar-refractivity contribution in [2.24, 2.45) is 0 Å². The molecule has 0 aliphatic rings. The third-order valence-corrected chi connectivity index (χ3v) is 9.58. The van der Waals surface area contributed by atoms with Crippen LogP contribution in [0.5, 0.6) is 0 Å². The Morgan fingerprint density at radius 1 is 0.300 bits per heavy atom. The van der Waals surface area contributed by atoms with E-state index in [1.807, 2.05) is 60.7 Å². The molecule has 50 heavy (non-hydrogen) atoms. The van der Waals surface area contributed by atoms with Gasteiger partial charge < -0.3 is 4.57 Å². The number of fused-ring (bicyclic) bond motifs is 6. The molecule has 0 saturated heterocycles. The predicted octanol–water partition coefficient (Wildman–Crippen LogP) is 11.1. The standard InChI is InChI=1S/C45H29N5/c1-4-14-30(15-5-1)33-24-26-41-37(28-33)38-29-34(49-39-22-12-10-20-35(39)36-21-11-13-23-40(36)49)25-27-42(38)50(41)45-47-43(31-16-6-2-7-17-31)46-44(48-45)32-18-8-3-9-19-32/h1-29H. The van der Waals surface area contributed by atoms with Crippen molar-refractivity contribution in [2.75, 3.05) is 0 Å². The zero-order chi connectivity index (χ0) is 33.0. The number of aromatic nitrogens is 5. The summed E-state index contributed by atoms with van der Waals surface area (Å²) in [6, 6.07) is 61.5. The van der Waals surface area contributed by atoms with Gasteiger partial charge in [0, 0.05) is 38.4 Å². The van der Waals surface area contributed by atoms with Crippen molar-refractivity contribution in [1.29, 1.82) is 0 Å². The summed E-state index contributed by atoms with van der Waals surface area (Å²) < 4.78 is 4.56. The van der Waals surface area contributed by atoms with Gasteiger partial charge in [-0.3, -0.25) is 4.57 Å². The van der Waals surface area contributed by atoms with Gasteiger partial charge in [-0.2, -0.15) is 9.97 Å². The van der Waals surface area contributed by atoms with Gasteiger partial charge >= 0.3 is 0 Å². The van der Waals surface area contributed by atoms with Crippen molar-refractivity contribution < 1.29 is 0 Å². The highest BCUT2D eigenvalue weighted by atomic mass is 15.2. The number of benzene rings is 7. The maximum absolute atomic E-state index is 5.14. The minimum absolute atomic E-state index is 0.579. The van der Waals surface area contributed by atoms with Gasteiger partial charge in [-0.1, -0.05) is 133 Å². The molecule has 5 nitrogen and oxygen atoms in total. The molecule has 10 aromatic rings. The van der Waals surface area contributed by atoms with E-state index < -0.39 is 0 Å². The van der Waals surface area contributed by atoms with Crippen molar-refractivity contribution in [2.45, 2.75) is 0 Å².